The van der Waals surface area contributed by atoms with Crippen LogP contribution in [0.2, 0.25) is 0 Å². The number of hydrogen-bond acceptors (Lipinski definition) is 16. The van der Waals surface area contributed by atoms with Crippen molar-refractivity contribution in [3.8, 4) is 0 Å². The minimum Gasteiger partial charge on any atom is -0.480 e. The van der Waals surface area contributed by atoms with E-state index in [1.165, 1.54) is 11.8 Å². The lowest BCUT2D eigenvalue weighted by Crippen LogP contribution is -2.61. The molecule has 0 aliphatic rings. The van der Waals surface area contributed by atoms with Gasteiger partial charge in [0.2, 0.25) is 47.3 Å². The van der Waals surface area contributed by atoms with Crippen molar-refractivity contribution >= 4 is 96.2 Å². The summed E-state index contributed by atoms with van der Waals surface area (Å²) in [6.45, 7) is 10.2. The number of aliphatic hydroxyl groups excluding tert-OH is 1. The molecule has 0 aromatic rings. The largest absolute Gasteiger partial charge is 0.480 e. The van der Waals surface area contributed by atoms with E-state index in [4.69, 9.17) is 22.9 Å². The van der Waals surface area contributed by atoms with Crippen LogP contribution in [0.3, 0.4) is 0 Å². The number of carbonyl (C=O) groups excluding carboxylic acids is 8. The van der Waals surface area contributed by atoms with Gasteiger partial charge in [0.1, 0.15) is 48.3 Å². The van der Waals surface area contributed by atoms with Gasteiger partial charge in [-0.05, 0) is 87.7 Å². The second-order valence-electron chi connectivity index (χ2n) is 18.1. The number of carboxylic acids is 1. The SMILES string of the molecule is CC[C@H](C)[C@H](NC(=O)[C@@H](N)CS)C(=O)N[C@@H](CC(C)C)C(=O)N[C@@H](CCCCN)C(=O)N[C@@H](CCSC)C(=O)N[C@@H](CCCN=C(N)N)C(=O)N[C@@H](CO)C(=O)N[C@@H](CC(C)C)C(=O)N[C@@H](CS)C(=O)O. The average Bonchev–Trinajstić information content (AvgIpc) is 3.31. The molecule has 0 rings (SSSR count). The fraction of sp³-hybridized carbons (Fsp3) is 0.773. The Morgan fingerprint density at radius 3 is 1.41 bits per heavy atom. The number of aliphatic hydroxyl groups is 1. The molecule has 0 bridgehead atoms. The summed E-state index contributed by atoms with van der Waals surface area (Å²) in [4.78, 5) is 125. The van der Waals surface area contributed by atoms with Gasteiger partial charge < -0.3 is 75.7 Å². The molecule has 71 heavy (non-hydrogen) atoms. The quantitative estimate of drug-likeness (QED) is 0.0129. The van der Waals surface area contributed by atoms with E-state index in [-0.39, 0.29) is 86.8 Å². The first-order chi connectivity index (χ1) is 33.4. The van der Waals surface area contributed by atoms with Gasteiger partial charge >= 0.3 is 5.97 Å². The molecule has 0 spiro atoms. The minimum atomic E-state index is -1.65. The highest BCUT2D eigenvalue weighted by Gasteiger charge is 2.36. The van der Waals surface area contributed by atoms with Crippen molar-refractivity contribution < 1.29 is 53.4 Å². The third kappa shape index (κ3) is 26.6. The molecule has 0 heterocycles. The minimum absolute atomic E-state index is 0.0355. The molecular formula is C44H83N13O11S3. The zero-order chi connectivity index (χ0) is 54.4. The Morgan fingerprint density at radius 1 is 0.577 bits per heavy atom. The zero-order valence-electron chi connectivity index (χ0n) is 42.2. The molecule has 24 nitrogen and oxygen atoms in total. The Morgan fingerprint density at radius 2 is 1.00 bits per heavy atom. The van der Waals surface area contributed by atoms with Crippen LogP contribution in [0.25, 0.3) is 0 Å². The van der Waals surface area contributed by atoms with Crippen molar-refractivity contribution in [2.45, 2.75) is 154 Å². The smallest absolute Gasteiger partial charge is 0.327 e. The number of hydrogen-bond donors (Lipinski definition) is 16. The second-order valence-corrected chi connectivity index (χ2v) is 19.8. The molecule has 0 saturated carbocycles. The van der Waals surface area contributed by atoms with Crippen molar-refractivity contribution in [3.05, 3.63) is 0 Å². The third-order valence-corrected chi connectivity index (χ3v) is 12.4. The van der Waals surface area contributed by atoms with E-state index in [0.717, 1.165) is 0 Å². The number of nitrogens with zero attached hydrogens (tertiary/aromatic N) is 1. The topological polar surface area (TPSA) is 407 Å². The van der Waals surface area contributed by atoms with Gasteiger partial charge in [0.15, 0.2) is 5.96 Å². The standard InChI is InChI=1S/C44H83N13O11S3/c1-8-25(6)34(57-35(59)26(46)21-69)42(66)54-31(19-24(4)5)39(63)51-27(12-9-10-15-45)36(60)52-29(14-17-71-7)38(62)50-28(13-11-16-49-44(47)48)37(61)55-32(20-58)41(65)53-30(18-23(2)3)40(64)56-33(22-70)43(67)68/h23-34,58,69-70H,8-22,45-46H2,1-7H3,(H,50,62)(H,51,63)(H,52,60)(H,53,65)(H,54,66)(H,55,61)(H,56,64)(H,57,59)(H,67,68)(H4,47,48,49)/t25-,26-,27-,28-,29-,30-,31-,32-,33-,34-/m0/s1. The molecule has 10 atom stereocenters. The molecule has 0 radical (unpaired) electrons. The number of nitrogens with one attached hydrogen (secondary N) is 8. The molecule has 27 heteroatoms. The number of carboxylic acid groups (broad SMARTS) is 1. The Labute approximate surface area is 433 Å². The maximum Gasteiger partial charge on any atom is 0.327 e. The van der Waals surface area contributed by atoms with E-state index in [2.05, 4.69) is 72.8 Å². The maximum absolute atomic E-state index is 14.2. The summed E-state index contributed by atoms with van der Waals surface area (Å²) in [6, 6.07) is -11.3. The van der Waals surface area contributed by atoms with Crippen LogP contribution in [0.5, 0.6) is 0 Å². The number of thioether (sulfide) groups is 1. The van der Waals surface area contributed by atoms with E-state index in [9.17, 15) is 53.4 Å². The number of unbranched alkanes of at least 4 members (excludes halogenated alkanes) is 1. The Bertz CT molecular complexity index is 1750. The van der Waals surface area contributed by atoms with E-state index in [1.54, 1.807) is 27.0 Å². The molecular weight excluding hydrogens is 983 g/mol. The summed E-state index contributed by atoms with van der Waals surface area (Å²) < 4.78 is 0. The number of guanidine groups is 1. The van der Waals surface area contributed by atoms with Gasteiger partial charge in [0.05, 0.1) is 12.6 Å². The monoisotopic (exact) mass is 1070 g/mol. The van der Waals surface area contributed by atoms with Crippen LogP contribution in [0.1, 0.15) is 99.3 Å². The van der Waals surface area contributed by atoms with Crippen molar-refractivity contribution in [2.75, 3.05) is 43.2 Å². The first-order valence-corrected chi connectivity index (χ1v) is 26.5. The van der Waals surface area contributed by atoms with Gasteiger partial charge in [0, 0.05) is 18.1 Å². The number of nitrogens with two attached hydrogens (primary N) is 4. The molecule has 0 unspecified atom stereocenters. The lowest BCUT2D eigenvalue weighted by molar-refractivity contribution is -0.141. The summed E-state index contributed by atoms with van der Waals surface area (Å²) in [5.41, 5.74) is 22.6. The zero-order valence-corrected chi connectivity index (χ0v) is 44.8. The van der Waals surface area contributed by atoms with Gasteiger partial charge in [-0.15, -0.1) is 0 Å². The Balaban J connectivity index is 6.72. The first-order valence-electron chi connectivity index (χ1n) is 23.9. The Hall–Kier alpha value is -4.57. The van der Waals surface area contributed by atoms with E-state index < -0.39 is 114 Å². The molecule has 8 amide bonds. The summed E-state index contributed by atoms with van der Waals surface area (Å²) in [5, 5.41) is 40.4. The molecule has 18 N–H and O–H groups in total. The van der Waals surface area contributed by atoms with Crippen molar-refractivity contribution in [2.24, 2.45) is 45.7 Å². The number of rotatable bonds is 37. The van der Waals surface area contributed by atoms with Crippen LogP contribution in [0.15, 0.2) is 4.99 Å². The van der Waals surface area contributed by atoms with Crippen LogP contribution in [0.4, 0.5) is 0 Å². The van der Waals surface area contributed by atoms with E-state index >= 15 is 0 Å². The van der Waals surface area contributed by atoms with Crippen LogP contribution < -0.4 is 65.5 Å². The third-order valence-electron chi connectivity index (χ3n) is 11.0. The van der Waals surface area contributed by atoms with E-state index in [1.807, 2.05) is 20.8 Å². The number of thiol groups is 2. The molecule has 0 aromatic carbocycles. The van der Waals surface area contributed by atoms with Gasteiger partial charge in [-0.3, -0.25) is 43.3 Å². The average molecular weight is 1070 g/mol. The van der Waals surface area contributed by atoms with Gasteiger partial charge in [-0.2, -0.15) is 37.0 Å². The highest BCUT2D eigenvalue weighted by molar-refractivity contribution is 7.98. The van der Waals surface area contributed by atoms with E-state index in [0.29, 0.717) is 25.0 Å². The maximum atomic E-state index is 14.2. The molecule has 408 valence electrons. The number of aliphatic carboxylic acids is 1. The fourth-order valence-electron chi connectivity index (χ4n) is 6.76. The molecule has 0 aliphatic heterocycles. The summed E-state index contributed by atoms with van der Waals surface area (Å²) in [7, 11) is 0. The highest BCUT2D eigenvalue weighted by Crippen LogP contribution is 2.14. The van der Waals surface area contributed by atoms with Crippen LogP contribution in [-0.4, -0.2) is 167 Å². The van der Waals surface area contributed by atoms with Gasteiger partial charge in [0.25, 0.3) is 0 Å². The van der Waals surface area contributed by atoms with Crippen LogP contribution in [-0.2, 0) is 43.2 Å². The molecule has 0 aromatic heterocycles. The number of amides is 8. The first kappa shape index (κ1) is 66.4. The predicted octanol–water partition coefficient (Wildman–Crippen LogP) is -2.80. The number of aliphatic imine (C=N–C) groups is 1. The lowest BCUT2D eigenvalue weighted by Gasteiger charge is -2.29. The molecule has 0 saturated heterocycles. The van der Waals surface area contributed by atoms with Crippen molar-refractivity contribution in [1.82, 2.24) is 42.5 Å². The summed E-state index contributed by atoms with van der Waals surface area (Å²) >= 11 is 9.40. The predicted molar refractivity (Wildman–Crippen MR) is 280 cm³/mol. The van der Waals surface area contributed by atoms with Gasteiger partial charge in [-0.1, -0.05) is 48.0 Å². The number of carbonyl (C=O) groups is 9. The second kappa shape index (κ2) is 36.4. The van der Waals surface area contributed by atoms with Crippen molar-refractivity contribution in [3.63, 3.8) is 0 Å². The Kier molecular flexibility index (Phi) is 34.0. The van der Waals surface area contributed by atoms with Crippen molar-refractivity contribution in [1.29, 1.82) is 0 Å². The summed E-state index contributed by atoms with van der Waals surface area (Å²) in [6.07, 6.45) is 3.59. The normalized spacial score (nSPS) is 15.5. The molecule has 0 fully saturated rings. The lowest BCUT2D eigenvalue weighted by atomic mass is 9.96. The van der Waals surface area contributed by atoms with Crippen LogP contribution in [0, 0.1) is 17.8 Å². The van der Waals surface area contributed by atoms with Crippen LogP contribution >= 0.6 is 37.0 Å². The highest BCUT2D eigenvalue weighted by atomic mass is 32.2. The summed E-state index contributed by atoms with van der Waals surface area (Å²) in [5.74, 6) is -8.23. The fourth-order valence-corrected chi connectivity index (χ4v) is 7.65. The van der Waals surface area contributed by atoms with Gasteiger partial charge in [-0.25, -0.2) is 4.79 Å². The molecule has 0 aliphatic carbocycles.